The van der Waals surface area contributed by atoms with Crippen LogP contribution in [0.4, 0.5) is 5.69 Å². The van der Waals surface area contributed by atoms with Gasteiger partial charge >= 0.3 is 0 Å². The van der Waals surface area contributed by atoms with Crippen LogP contribution in [0, 0.1) is 0 Å². The highest BCUT2D eigenvalue weighted by atomic mass is 32.2. The van der Waals surface area contributed by atoms with Gasteiger partial charge < -0.3 is 5.32 Å². The summed E-state index contributed by atoms with van der Waals surface area (Å²) in [5.41, 5.74) is 1.09. The van der Waals surface area contributed by atoms with Crippen LogP contribution in [0.1, 0.15) is 55.3 Å². The van der Waals surface area contributed by atoms with Gasteiger partial charge in [-0.3, -0.25) is 9.10 Å². The van der Waals surface area contributed by atoms with E-state index in [0.717, 1.165) is 25.7 Å². The first-order valence-corrected chi connectivity index (χ1v) is 11.7. The van der Waals surface area contributed by atoms with Crippen LogP contribution in [0.2, 0.25) is 0 Å². The number of nitrogens with one attached hydrogen (secondary N) is 1. The minimum absolute atomic E-state index is 0.0871. The number of anilines is 1. The summed E-state index contributed by atoms with van der Waals surface area (Å²) < 4.78 is 26.7. The van der Waals surface area contributed by atoms with Gasteiger partial charge in [0.25, 0.3) is 15.9 Å². The molecule has 1 amide bonds. The van der Waals surface area contributed by atoms with Crippen LogP contribution in [-0.2, 0) is 10.0 Å². The summed E-state index contributed by atoms with van der Waals surface area (Å²) in [6.45, 7) is 0. The first kappa shape index (κ1) is 19.9. The molecule has 0 unspecified atom stereocenters. The van der Waals surface area contributed by atoms with Crippen molar-refractivity contribution in [3.05, 3.63) is 47.3 Å². The molecular formula is C20H26N2O3S2. The van der Waals surface area contributed by atoms with E-state index in [9.17, 15) is 13.2 Å². The third-order valence-corrected chi connectivity index (χ3v) is 8.20. The van der Waals surface area contributed by atoms with E-state index in [2.05, 4.69) is 5.32 Å². The van der Waals surface area contributed by atoms with E-state index in [1.807, 2.05) is 0 Å². The number of rotatable bonds is 5. The van der Waals surface area contributed by atoms with Gasteiger partial charge in [0, 0.05) is 18.7 Å². The predicted molar refractivity (Wildman–Crippen MR) is 110 cm³/mol. The minimum Gasteiger partial charge on any atom is -0.349 e. The van der Waals surface area contributed by atoms with Crippen molar-refractivity contribution in [2.75, 3.05) is 11.4 Å². The maximum atomic E-state index is 12.6. The van der Waals surface area contributed by atoms with E-state index >= 15 is 0 Å². The molecule has 27 heavy (non-hydrogen) atoms. The van der Waals surface area contributed by atoms with Gasteiger partial charge in [-0.15, -0.1) is 11.3 Å². The van der Waals surface area contributed by atoms with E-state index in [-0.39, 0.29) is 11.9 Å². The lowest BCUT2D eigenvalue weighted by atomic mass is 9.96. The highest BCUT2D eigenvalue weighted by molar-refractivity contribution is 7.94. The fourth-order valence-electron chi connectivity index (χ4n) is 3.38. The quantitative estimate of drug-likeness (QED) is 0.799. The topological polar surface area (TPSA) is 66.5 Å². The van der Waals surface area contributed by atoms with Crippen molar-refractivity contribution in [1.82, 2.24) is 5.32 Å². The molecule has 0 saturated heterocycles. The molecular weight excluding hydrogens is 380 g/mol. The molecule has 1 aromatic heterocycles. The summed E-state index contributed by atoms with van der Waals surface area (Å²) in [6, 6.07) is 10.3. The molecule has 0 bridgehead atoms. The predicted octanol–water partition coefficient (Wildman–Crippen LogP) is 4.42. The van der Waals surface area contributed by atoms with Gasteiger partial charge in [0.1, 0.15) is 4.21 Å². The summed E-state index contributed by atoms with van der Waals surface area (Å²) in [4.78, 5) is 12.5. The maximum Gasteiger partial charge on any atom is 0.273 e. The minimum atomic E-state index is -3.56. The maximum absolute atomic E-state index is 12.6. The number of nitrogens with zero attached hydrogens (tertiary/aromatic N) is 1. The van der Waals surface area contributed by atoms with E-state index < -0.39 is 10.0 Å². The summed E-state index contributed by atoms with van der Waals surface area (Å²) in [5, 5.41) is 4.87. The Labute approximate surface area is 165 Å². The average molecular weight is 407 g/mol. The Morgan fingerprint density at radius 3 is 2.26 bits per heavy atom. The number of carbonyl (C=O) groups is 1. The molecule has 1 saturated carbocycles. The molecule has 3 rings (SSSR count). The number of sulfonamides is 1. The number of carbonyl (C=O) groups excluding carboxylic acids is 1. The van der Waals surface area contributed by atoms with Crippen molar-refractivity contribution in [2.24, 2.45) is 0 Å². The molecule has 146 valence electrons. The van der Waals surface area contributed by atoms with Crippen molar-refractivity contribution in [2.45, 2.75) is 55.2 Å². The first-order chi connectivity index (χ1) is 13.0. The van der Waals surface area contributed by atoms with Gasteiger partial charge in [0.05, 0.1) is 5.69 Å². The van der Waals surface area contributed by atoms with Crippen LogP contribution >= 0.6 is 11.3 Å². The highest BCUT2D eigenvalue weighted by Crippen LogP contribution is 2.25. The van der Waals surface area contributed by atoms with Crippen LogP contribution in [0.15, 0.2) is 46.0 Å². The highest BCUT2D eigenvalue weighted by Gasteiger charge is 2.22. The summed E-state index contributed by atoms with van der Waals surface area (Å²) in [7, 11) is -2.03. The van der Waals surface area contributed by atoms with Gasteiger partial charge in [0.15, 0.2) is 0 Å². The Morgan fingerprint density at radius 1 is 1.04 bits per heavy atom. The molecule has 7 heteroatoms. The first-order valence-electron chi connectivity index (χ1n) is 9.42. The van der Waals surface area contributed by atoms with Crippen LogP contribution in [-0.4, -0.2) is 27.4 Å². The standard InChI is InChI=1S/C20H26N2O3S2/c1-22(27(24,25)19-10-7-15-26-19)18-13-11-16(12-14-18)20(23)21-17-8-5-3-2-4-6-9-17/h7,10-15,17H,2-6,8-9H2,1H3,(H,21,23). The number of amides is 1. The second-order valence-corrected chi connectivity index (χ2v) is 10.1. The average Bonchev–Trinajstić information content (AvgIpc) is 3.19. The van der Waals surface area contributed by atoms with E-state index in [1.54, 1.807) is 41.8 Å². The zero-order valence-electron chi connectivity index (χ0n) is 15.6. The third kappa shape index (κ3) is 4.90. The van der Waals surface area contributed by atoms with Crippen molar-refractivity contribution in [1.29, 1.82) is 0 Å². The second-order valence-electron chi connectivity index (χ2n) is 6.97. The molecule has 1 fully saturated rings. The molecule has 1 aromatic carbocycles. The Kier molecular flexibility index (Phi) is 6.55. The third-order valence-electron chi connectivity index (χ3n) is 5.04. The summed E-state index contributed by atoms with van der Waals surface area (Å²) in [5.74, 6) is -0.0871. The molecule has 0 aliphatic heterocycles. The largest absolute Gasteiger partial charge is 0.349 e. The van der Waals surface area contributed by atoms with Crippen molar-refractivity contribution >= 4 is 33.0 Å². The summed E-state index contributed by atoms with van der Waals surface area (Å²) >= 11 is 1.19. The zero-order valence-corrected chi connectivity index (χ0v) is 17.2. The van der Waals surface area contributed by atoms with Crippen molar-refractivity contribution in [3.8, 4) is 0 Å². The second kappa shape index (κ2) is 8.89. The Bertz CT molecular complexity index is 838. The Balaban J connectivity index is 1.66. The van der Waals surface area contributed by atoms with Gasteiger partial charge in [-0.2, -0.15) is 0 Å². The molecule has 1 aliphatic carbocycles. The Morgan fingerprint density at radius 2 is 1.67 bits per heavy atom. The van der Waals surface area contributed by atoms with Crippen LogP contribution in [0.3, 0.4) is 0 Å². The number of hydrogen-bond acceptors (Lipinski definition) is 4. The van der Waals surface area contributed by atoms with E-state index in [0.29, 0.717) is 15.5 Å². The van der Waals surface area contributed by atoms with Crippen molar-refractivity contribution < 1.29 is 13.2 Å². The SMILES string of the molecule is CN(c1ccc(C(=O)NC2CCCCCCC2)cc1)S(=O)(=O)c1cccs1. The smallest absolute Gasteiger partial charge is 0.273 e. The molecule has 1 aliphatic rings. The lowest BCUT2D eigenvalue weighted by Crippen LogP contribution is -2.35. The monoisotopic (exact) mass is 406 g/mol. The molecule has 5 nitrogen and oxygen atoms in total. The normalized spacial score (nSPS) is 16.3. The van der Waals surface area contributed by atoms with E-state index in [4.69, 9.17) is 0 Å². The fourth-order valence-corrected chi connectivity index (χ4v) is 5.73. The number of thiophene rings is 1. The molecule has 2 aromatic rings. The van der Waals surface area contributed by atoms with Gasteiger partial charge in [0.2, 0.25) is 0 Å². The molecule has 1 N–H and O–H groups in total. The number of hydrogen-bond donors (Lipinski definition) is 1. The molecule has 0 spiro atoms. The van der Waals surface area contributed by atoms with E-state index in [1.165, 1.54) is 42.0 Å². The van der Waals surface area contributed by atoms with Crippen LogP contribution < -0.4 is 9.62 Å². The van der Waals surface area contributed by atoms with Gasteiger partial charge in [-0.25, -0.2) is 8.42 Å². The Hall–Kier alpha value is -1.86. The molecule has 1 heterocycles. The summed E-state index contributed by atoms with van der Waals surface area (Å²) in [6.07, 6.45) is 8.17. The fraction of sp³-hybridized carbons (Fsp3) is 0.450. The lowest BCUT2D eigenvalue weighted by molar-refractivity contribution is 0.0930. The van der Waals surface area contributed by atoms with Crippen LogP contribution in [0.25, 0.3) is 0 Å². The van der Waals surface area contributed by atoms with Gasteiger partial charge in [-0.05, 0) is 48.6 Å². The lowest BCUT2D eigenvalue weighted by Gasteiger charge is -2.21. The van der Waals surface area contributed by atoms with Crippen molar-refractivity contribution in [3.63, 3.8) is 0 Å². The molecule has 0 radical (unpaired) electrons. The molecule has 0 atom stereocenters. The van der Waals surface area contributed by atoms with Crippen LogP contribution in [0.5, 0.6) is 0 Å². The zero-order chi connectivity index (χ0) is 19.3. The number of benzene rings is 1. The van der Waals surface area contributed by atoms with Gasteiger partial charge in [-0.1, -0.05) is 38.2 Å².